The Morgan fingerprint density at radius 3 is 2.67 bits per heavy atom. The number of carbonyl (C=O) groups excluding carboxylic acids is 1. The van der Waals surface area contributed by atoms with Crippen LogP contribution in [-0.2, 0) is 0 Å². The summed E-state index contributed by atoms with van der Waals surface area (Å²) in [5.41, 5.74) is 1.91. The monoisotopic (exact) mass is 223 g/mol. The van der Waals surface area contributed by atoms with Gasteiger partial charge in [0.2, 0.25) is 0 Å². The first kappa shape index (κ1) is 10.1. The maximum atomic E-state index is 10.7. The van der Waals surface area contributed by atoms with E-state index in [1.807, 2.05) is 13.0 Å². The van der Waals surface area contributed by atoms with Crippen LogP contribution in [0.3, 0.4) is 0 Å². The molecule has 1 aromatic carbocycles. The van der Waals surface area contributed by atoms with Gasteiger partial charge in [-0.3, -0.25) is 0 Å². The van der Waals surface area contributed by atoms with E-state index < -0.39 is 5.97 Å². The minimum absolute atomic E-state index is 0.155. The van der Waals surface area contributed by atoms with E-state index in [-0.39, 0.29) is 5.76 Å². The lowest BCUT2D eigenvalue weighted by Crippen LogP contribution is -2.22. The normalized spacial score (nSPS) is 10.9. The molecule has 0 spiro atoms. The lowest BCUT2D eigenvalue weighted by molar-refractivity contribution is -0.257. The summed E-state index contributed by atoms with van der Waals surface area (Å²) in [5, 5.41) is 11.9. The van der Waals surface area contributed by atoms with Crippen molar-refractivity contribution in [1.82, 2.24) is 0 Å². The number of rotatable bonds is 1. The van der Waals surface area contributed by atoms with Gasteiger partial charge in [0.1, 0.15) is 5.97 Å². The summed E-state index contributed by atoms with van der Waals surface area (Å²) >= 11 is 5.95. The number of carboxylic acids is 1. The van der Waals surface area contributed by atoms with Crippen LogP contribution < -0.4 is 5.11 Å². The van der Waals surface area contributed by atoms with E-state index in [1.54, 1.807) is 13.0 Å². The molecule has 0 amide bonds. The van der Waals surface area contributed by atoms with E-state index >= 15 is 0 Å². The minimum Gasteiger partial charge on any atom is -0.542 e. The molecule has 0 atom stereocenters. The number of carbonyl (C=O) groups is 1. The van der Waals surface area contributed by atoms with Crippen molar-refractivity contribution in [2.75, 3.05) is 0 Å². The first-order valence-corrected chi connectivity index (χ1v) is 4.79. The molecule has 0 fully saturated rings. The van der Waals surface area contributed by atoms with Gasteiger partial charge in [-0.15, -0.1) is 0 Å². The molecule has 0 aliphatic carbocycles. The summed E-state index contributed by atoms with van der Waals surface area (Å²) in [6.07, 6.45) is 0. The lowest BCUT2D eigenvalue weighted by Gasteiger charge is -1.96. The van der Waals surface area contributed by atoms with Crippen LogP contribution in [0.5, 0.6) is 0 Å². The van der Waals surface area contributed by atoms with Gasteiger partial charge in [-0.2, -0.15) is 0 Å². The Kier molecular flexibility index (Phi) is 2.20. The minimum atomic E-state index is -1.32. The molecular formula is C11H8ClO3-. The first-order chi connectivity index (χ1) is 7.00. The van der Waals surface area contributed by atoms with Crippen molar-refractivity contribution in [2.45, 2.75) is 13.8 Å². The van der Waals surface area contributed by atoms with Crippen molar-refractivity contribution < 1.29 is 14.3 Å². The zero-order valence-corrected chi connectivity index (χ0v) is 9.01. The van der Waals surface area contributed by atoms with Crippen LogP contribution in [0.25, 0.3) is 11.0 Å². The highest BCUT2D eigenvalue weighted by Crippen LogP contribution is 2.31. The number of halogens is 1. The fourth-order valence-corrected chi connectivity index (χ4v) is 1.92. The Morgan fingerprint density at radius 2 is 2.07 bits per heavy atom. The van der Waals surface area contributed by atoms with Crippen molar-refractivity contribution in [3.63, 3.8) is 0 Å². The number of aromatic carboxylic acids is 1. The number of furan rings is 1. The third-order valence-corrected chi connectivity index (χ3v) is 2.60. The Balaban J connectivity index is 2.88. The van der Waals surface area contributed by atoms with Crippen LogP contribution in [0.1, 0.15) is 21.7 Å². The average molecular weight is 224 g/mol. The highest BCUT2D eigenvalue weighted by atomic mass is 35.5. The molecule has 0 aliphatic rings. The molecule has 1 heterocycles. The Hall–Kier alpha value is -1.48. The van der Waals surface area contributed by atoms with Gasteiger partial charge < -0.3 is 14.3 Å². The predicted molar refractivity (Wildman–Crippen MR) is 55.0 cm³/mol. The topological polar surface area (TPSA) is 53.3 Å². The average Bonchev–Trinajstić information content (AvgIpc) is 2.44. The third-order valence-electron chi connectivity index (χ3n) is 2.32. The maximum Gasteiger partial charge on any atom is 0.153 e. The van der Waals surface area contributed by atoms with Crippen LogP contribution >= 0.6 is 11.6 Å². The number of aryl methyl sites for hydroxylation is 2. The Bertz CT molecular complexity index is 554. The van der Waals surface area contributed by atoms with Crippen molar-refractivity contribution in [3.05, 3.63) is 34.0 Å². The summed E-state index contributed by atoms with van der Waals surface area (Å²) in [4.78, 5) is 10.7. The van der Waals surface area contributed by atoms with Crippen molar-refractivity contribution in [2.24, 2.45) is 0 Å². The molecule has 0 N–H and O–H groups in total. The van der Waals surface area contributed by atoms with Gasteiger partial charge in [0.15, 0.2) is 11.3 Å². The highest BCUT2D eigenvalue weighted by molar-refractivity contribution is 6.35. The summed E-state index contributed by atoms with van der Waals surface area (Å²) in [6.45, 7) is 3.56. The second kappa shape index (κ2) is 3.28. The molecule has 2 rings (SSSR count). The number of benzene rings is 1. The standard InChI is InChI=1S/C11H9ClO3/c1-5-3-7-6(2)9(11(13)14)15-10(7)8(12)4-5/h3-4H,1-2H3,(H,13,14)/p-1. The van der Waals surface area contributed by atoms with E-state index in [4.69, 9.17) is 16.0 Å². The van der Waals surface area contributed by atoms with Crippen LogP contribution in [0.2, 0.25) is 5.02 Å². The molecule has 3 nitrogen and oxygen atoms in total. The van der Waals surface area contributed by atoms with Crippen LogP contribution in [0, 0.1) is 13.8 Å². The molecule has 1 aromatic heterocycles. The van der Waals surface area contributed by atoms with Gasteiger partial charge >= 0.3 is 0 Å². The van der Waals surface area contributed by atoms with Crippen molar-refractivity contribution in [1.29, 1.82) is 0 Å². The molecule has 0 bridgehead atoms. The van der Waals surface area contributed by atoms with Gasteiger partial charge in [0.25, 0.3) is 0 Å². The van der Waals surface area contributed by atoms with Gasteiger partial charge in [-0.25, -0.2) is 0 Å². The van der Waals surface area contributed by atoms with Crippen LogP contribution in [0.15, 0.2) is 16.5 Å². The van der Waals surface area contributed by atoms with Gasteiger partial charge in [-0.1, -0.05) is 11.6 Å². The second-order valence-corrected chi connectivity index (χ2v) is 3.87. The first-order valence-electron chi connectivity index (χ1n) is 4.41. The fourth-order valence-electron chi connectivity index (χ4n) is 1.61. The largest absolute Gasteiger partial charge is 0.542 e. The Morgan fingerprint density at radius 1 is 1.40 bits per heavy atom. The van der Waals surface area contributed by atoms with Gasteiger partial charge in [0.05, 0.1) is 5.02 Å². The quantitative estimate of drug-likeness (QED) is 0.744. The van der Waals surface area contributed by atoms with Gasteiger partial charge in [0, 0.05) is 10.9 Å². The zero-order chi connectivity index (χ0) is 11.2. The number of fused-ring (bicyclic) bond motifs is 1. The predicted octanol–water partition coefficient (Wildman–Crippen LogP) is 2.07. The zero-order valence-electron chi connectivity index (χ0n) is 8.26. The molecule has 78 valence electrons. The smallest absolute Gasteiger partial charge is 0.153 e. The van der Waals surface area contributed by atoms with Crippen LogP contribution in [-0.4, -0.2) is 5.97 Å². The Labute approximate surface area is 91.3 Å². The molecule has 0 radical (unpaired) electrons. The maximum absolute atomic E-state index is 10.7. The summed E-state index contributed by atoms with van der Waals surface area (Å²) in [5.74, 6) is -1.48. The fraction of sp³-hybridized carbons (Fsp3) is 0.182. The van der Waals surface area contributed by atoms with Crippen molar-refractivity contribution >= 4 is 28.5 Å². The van der Waals surface area contributed by atoms with E-state index in [0.717, 1.165) is 10.9 Å². The summed E-state index contributed by atoms with van der Waals surface area (Å²) in [7, 11) is 0. The molecule has 15 heavy (non-hydrogen) atoms. The van der Waals surface area contributed by atoms with E-state index in [9.17, 15) is 9.90 Å². The number of hydrogen-bond donors (Lipinski definition) is 0. The molecule has 0 unspecified atom stereocenters. The summed E-state index contributed by atoms with van der Waals surface area (Å²) < 4.78 is 5.15. The third kappa shape index (κ3) is 1.49. The van der Waals surface area contributed by atoms with Crippen molar-refractivity contribution in [3.8, 4) is 0 Å². The lowest BCUT2D eigenvalue weighted by atomic mass is 10.1. The SMILES string of the molecule is Cc1cc(Cl)c2oc(C(=O)[O-])c(C)c2c1. The van der Waals surface area contributed by atoms with E-state index in [2.05, 4.69) is 0 Å². The number of hydrogen-bond acceptors (Lipinski definition) is 3. The summed E-state index contributed by atoms with van der Waals surface area (Å²) in [6, 6.07) is 3.57. The molecule has 0 saturated carbocycles. The number of carboxylic acid groups (broad SMARTS) is 1. The molecule has 0 aliphatic heterocycles. The second-order valence-electron chi connectivity index (χ2n) is 3.47. The molecule has 4 heteroatoms. The molecule has 0 saturated heterocycles. The molecule has 2 aromatic rings. The molecular weight excluding hydrogens is 216 g/mol. The highest BCUT2D eigenvalue weighted by Gasteiger charge is 2.13. The van der Waals surface area contributed by atoms with E-state index in [1.165, 1.54) is 0 Å². The van der Waals surface area contributed by atoms with E-state index in [0.29, 0.717) is 16.2 Å². The van der Waals surface area contributed by atoms with Crippen LogP contribution in [0.4, 0.5) is 0 Å². The van der Waals surface area contributed by atoms with Gasteiger partial charge in [-0.05, 0) is 31.5 Å².